The number of fused-ring (bicyclic) bond motifs is 1. The number of halogens is 2. The average Bonchev–Trinajstić information content (AvgIpc) is 3.28. The van der Waals surface area contributed by atoms with E-state index >= 15 is 0 Å². The number of carbonyl (C=O) groups is 2. The summed E-state index contributed by atoms with van der Waals surface area (Å²) in [7, 11) is 0. The van der Waals surface area contributed by atoms with Gasteiger partial charge in [0.25, 0.3) is 11.8 Å². The molecule has 2 aromatic heterocycles. The van der Waals surface area contributed by atoms with E-state index in [0.717, 1.165) is 37.8 Å². The Morgan fingerprint density at radius 2 is 1.86 bits per heavy atom. The molecule has 1 aliphatic carbocycles. The predicted octanol–water partition coefficient (Wildman–Crippen LogP) is 3.54. The highest BCUT2D eigenvalue weighted by molar-refractivity contribution is 6.08. The van der Waals surface area contributed by atoms with E-state index in [-0.39, 0.29) is 29.0 Å². The fraction of sp³-hybridized carbons (Fsp3) is 0.250. The standard InChI is InChI=1S/C20H18F2N4O2/c21-12-8-9-14(15(22)11-12)19(27)25-18-17(20(28)23-13-5-1-2-6-13)26-10-4-3-7-16(26)24-18/h3-4,7-11,13H,1-2,5-6H2,(H,23,28)(H,25,27). The molecule has 8 heteroatoms. The number of imidazole rings is 1. The summed E-state index contributed by atoms with van der Waals surface area (Å²) in [6.45, 7) is 0. The summed E-state index contributed by atoms with van der Waals surface area (Å²) < 4.78 is 28.6. The molecule has 0 radical (unpaired) electrons. The lowest BCUT2D eigenvalue weighted by Gasteiger charge is -2.13. The van der Waals surface area contributed by atoms with Crippen molar-refractivity contribution in [1.29, 1.82) is 0 Å². The molecule has 2 heterocycles. The normalized spacial score (nSPS) is 14.4. The highest BCUT2D eigenvalue weighted by Crippen LogP contribution is 2.22. The third kappa shape index (κ3) is 3.45. The highest BCUT2D eigenvalue weighted by atomic mass is 19.1. The SMILES string of the molecule is O=C(Nc1nc2ccccn2c1C(=O)NC1CCCC1)c1ccc(F)cc1F. The van der Waals surface area contributed by atoms with E-state index in [4.69, 9.17) is 0 Å². The van der Waals surface area contributed by atoms with Crippen LogP contribution in [0.5, 0.6) is 0 Å². The predicted molar refractivity (Wildman–Crippen MR) is 99.2 cm³/mol. The van der Waals surface area contributed by atoms with Crippen molar-refractivity contribution in [3.05, 3.63) is 65.5 Å². The van der Waals surface area contributed by atoms with Gasteiger partial charge in [-0.25, -0.2) is 13.8 Å². The molecule has 2 amide bonds. The molecule has 1 aliphatic rings. The van der Waals surface area contributed by atoms with Gasteiger partial charge in [0.15, 0.2) is 11.5 Å². The molecule has 0 unspecified atom stereocenters. The first-order chi connectivity index (χ1) is 13.5. The second-order valence-corrected chi connectivity index (χ2v) is 6.77. The maximum absolute atomic E-state index is 13.9. The summed E-state index contributed by atoms with van der Waals surface area (Å²) in [6, 6.07) is 7.95. The van der Waals surface area contributed by atoms with Gasteiger partial charge in [-0.2, -0.15) is 0 Å². The number of hydrogen-bond acceptors (Lipinski definition) is 3. The molecular weight excluding hydrogens is 366 g/mol. The lowest BCUT2D eigenvalue weighted by molar-refractivity contribution is 0.0933. The number of hydrogen-bond donors (Lipinski definition) is 2. The van der Waals surface area contributed by atoms with Crippen molar-refractivity contribution in [3.8, 4) is 0 Å². The number of rotatable bonds is 4. The van der Waals surface area contributed by atoms with Crippen molar-refractivity contribution in [1.82, 2.24) is 14.7 Å². The third-order valence-corrected chi connectivity index (χ3v) is 4.84. The summed E-state index contributed by atoms with van der Waals surface area (Å²) >= 11 is 0. The van der Waals surface area contributed by atoms with Gasteiger partial charge < -0.3 is 10.6 Å². The van der Waals surface area contributed by atoms with E-state index in [0.29, 0.717) is 11.7 Å². The number of anilines is 1. The van der Waals surface area contributed by atoms with Gasteiger partial charge in [-0.05, 0) is 37.1 Å². The lowest BCUT2D eigenvalue weighted by Crippen LogP contribution is -2.34. The molecule has 3 aromatic rings. The molecular formula is C20H18F2N4O2. The molecule has 2 N–H and O–H groups in total. The van der Waals surface area contributed by atoms with E-state index < -0.39 is 17.5 Å². The van der Waals surface area contributed by atoms with Crippen LogP contribution in [0.15, 0.2) is 42.6 Å². The van der Waals surface area contributed by atoms with Crippen molar-refractivity contribution in [3.63, 3.8) is 0 Å². The van der Waals surface area contributed by atoms with Gasteiger partial charge in [0.2, 0.25) is 0 Å². The zero-order valence-electron chi connectivity index (χ0n) is 14.9. The number of pyridine rings is 1. The van der Waals surface area contributed by atoms with E-state index in [1.165, 1.54) is 0 Å². The van der Waals surface area contributed by atoms with Gasteiger partial charge in [-0.3, -0.25) is 14.0 Å². The molecule has 6 nitrogen and oxygen atoms in total. The van der Waals surface area contributed by atoms with Crippen LogP contribution in [0.2, 0.25) is 0 Å². The van der Waals surface area contributed by atoms with Crippen molar-refractivity contribution in [2.24, 2.45) is 0 Å². The third-order valence-electron chi connectivity index (χ3n) is 4.84. The quantitative estimate of drug-likeness (QED) is 0.723. The van der Waals surface area contributed by atoms with E-state index in [9.17, 15) is 18.4 Å². The minimum atomic E-state index is -0.988. The summed E-state index contributed by atoms with van der Waals surface area (Å²) in [4.78, 5) is 29.7. The van der Waals surface area contributed by atoms with Gasteiger partial charge in [0.05, 0.1) is 5.56 Å². The molecule has 0 spiro atoms. The van der Waals surface area contributed by atoms with Crippen molar-refractivity contribution < 1.29 is 18.4 Å². The van der Waals surface area contributed by atoms with Gasteiger partial charge in [-0.15, -0.1) is 0 Å². The summed E-state index contributed by atoms with van der Waals surface area (Å²) in [5.74, 6) is -2.91. The molecule has 0 aliphatic heterocycles. The Kier molecular flexibility index (Phi) is 4.77. The number of aromatic nitrogens is 2. The first-order valence-corrected chi connectivity index (χ1v) is 9.07. The monoisotopic (exact) mass is 384 g/mol. The molecule has 0 saturated heterocycles. The second kappa shape index (κ2) is 7.38. The molecule has 1 saturated carbocycles. The maximum atomic E-state index is 13.9. The van der Waals surface area contributed by atoms with Gasteiger partial charge in [0, 0.05) is 18.3 Å². The smallest absolute Gasteiger partial charge is 0.272 e. The zero-order valence-corrected chi connectivity index (χ0v) is 14.9. The second-order valence-electron chi connectivity index (χ2n) is 6.77. The van der Waals surface area contributed by atoms with Crippen molar-refractivity contribution >= 4 is 23.3 Å². The Bertz CT molecular complexity index is 1060. The molecule has 1 aromatic carbocycles. The Labute approximate surface area is 159 Å². The Morgan fingerprint density at radius 3 is 2.61 bits per heavy atom. The van der Waals surface area contributed by atoms with Crippen LogP contribution in [0, 0.1) is 11.6 Å². The summed E-state index contributed by atoms with van der Waals surface area (Å²) in [5.41, 5.74) is 0.299. The Hall–Kier alpha value is -3.29. The number of amides is 2. The van der Waals surface area contributed by atoms with E-state index in [1.54, 1.807) is 28.8 Å². The van der Waals surface area contributed by atoms with Gasteiger partial charge >= 0.3 is 0 Å². The number of nitrogens with zero attached hydrogens (tertiary/aromatic N) is 2. The van der Waals surface area contributed by atoms with E-state index in [1.807, 2.05) is 0 Å². The van der Waals surface area contributed by atoms with Crippen LogP contribution in [0.3, 0.4) is 0 Å². The molecule has 28 heavy (non-hydrogen) atoms. The Balaban J connectivity index is 1.67. The van der Waals surface area contributed by atoms with Gasteiger partial charge in [-0.1, -0.05) is 18.9 Å². The topological polar surface area (TPSA) is 75.5 Å². The highest BCUT2D eigenvalue weighted by Gasteiger charge is 2.25. The van der Waals surface area contributed by atoms with Gasteiger partial charge in [0.1, 0.15) is 17.3 Å². The fourth-order valence-corrected chi connectivity index (χ4v) is 3.47. The number of benzene rings is 1. The minimum Gasteiger partial charge on any atom is -0.348 e. The largest absolute Gasteiger partial charge is 0.348 e. The molecule has 1 fully saturated rings. The first-order valence-electron chi connectivity index (χ1n) is 9.07. The molecule has 4 rings (SSSR count). The summed E-state index contributed by atoms with van der Waals surface area (Å²) in [6.07, 6.45) is 5.60. The van der Waals surface area contributed by atoms with Crippen molar-refractivity contribution in [2.45, 2.75) is 31.7 Å². The van der Waals surface area contributed by atoms with Crippen LogP contribution in [-0.4, -0.2) is 27.2 Å². The van der Waals surface area contributed by atoms with Crippen LogP contribution in [0.25, 0.3) is 5.65 Å². The zero-order chi connectivity index (χ0) is 19.7. The number of carbonyl (C=O) groups excluding carboxylic acids is 2. The van der Waals surface area contributed by atoms with Crippen LogP contribution in [-0.2, 0) is 0 Å². The molecule has 0 bridgehead atoms. The van der Waals surface area contributed by atoms with Crippen LogP contribution in [0.1, 0.15) is 46.5 Å². The Morgan fingerprint density at radius 1 is 1.07 bits per heavy atom. The first kappa shape index (κ1) is 18.1. The number of nitrogens with one attached hydrogen (secondary N) is 2. The van der Waals surface area contributed by atoms with Crippen LogP contribution in [0.4, 0.5) is 14.6 Å². The average molecular weight is 384 g/mol. The lowest BCUT2D eigenvalue weighted by atomic mass is 10.2. The summed E-state index contributed by atoms with van der Waals surface area (Å²) in [5, 5.41) is 5.46. The van der Waals surface area contributed by atoms with Crippen LogP contribution >= 0.6 is 0 Å². The maximum Gasteiger partial charge on any atom is 0.272 e. The molecule has 0 atom stereocenters. The van der Waals surface area contributed by atoms with E-state index in [2.05, 4.69) is 15.6 Å². The van der Waals surface area contributed by atoms with Crippen LogP contribution < -0.4 is 10.6 Å². The van der Waals surface area contributed by atoms with Crippen molar-refractivity contribution in [2.75, 3.05) is 5.32 Å². The fourth-order valence-electron chi connectivity index (χ4n) is 3.47. The minimum absolute atomic E-state index is 0.0235. The molecule has 144 valence electrons.